The van der Waals surface area contributed by atoms with Crippen molar-refractivity contribution in [1.82, 2.24) is 19.7 Å². The average Bonchev–Trinajstić information content (AvgIpc) is 3.23. The van der Waals surface area contributed by atoms with Crippen LogP contribution in [-0.4, -0.2) is 50.9 Å². The number of piperidine rings is 1. The molecular weight excluding hydrogens is 391 g/mol. The highest BCUT2D eigenvalue weighted by molar-refractivity contribution is 7.11. The van der Waals surface area contributed by atoms with Crippen molar-refractivity contribution in [3.8, 4) is 0 Å². The number of carbonyl (C=O) groups is 1. The molecule has 0 aliphatic carbocycles. The van der Waals surface area contributed by atoms with E-state index in [1.54, 1.807) is 23.4 Å². The molecule has 4 rings (SSSR count). The minimum absolute atomic E-state index is 0.0306. The molecule has 0 saturated carbocycles. The number of alkyl halides is 3. The molecule has 28 heavy (non-hydrogen) atoms. The fourth-order valence-corrected chi connectivity index (χ4v) is 4.96. The molecule has 1 N–H and O–H groups in total. The van der Waals surface area contributed by atoms with E-state index in [1.165, 1.54) is 11.3 Å². The normalized spacial score (nSPS) is 23.4. The summed E-state index contributed by atoms with van der Waals surface area (Å²) in [5, 5.41) is 7.29. The molecule has 2 aliphatic heterocycles. The van der Waals surface area contributed by atoms with E-state index in [2.05, 4.69) is 15.4 Å². The van der Waals surface area contributed by atoms with Gasteiger partial charge in [-0.1, -0.05) is 0 Å². The van der Waals surface area contributed by atoms with E-state index in [9.17, 15) is 18.0 Å². The van der Waals surface area contributed by atoms with Gasteiger partial charge < -0.3 is 10.2 Å². The molecule has 6 nitrogen and oxygen atoms in total. The van der Waals surface area contributed by atoms with Crippen LogP contribution in [-0.2, 0) is 0 Å². The van der Waals surface area contributed by atoms with Crippen LogP contribution >= 0.6 is 11.3 Å². The van der Waals surface area contributed by atoms with Crippen molar-refractivity contribution in [3.63, 3.8) is 0 Å². The number of likely N-dealkylation sites (tertiary alicyclic amines) is 1. The van der Waals surface area contributed by atoms with Gasteiger partial charge in [-0.05, 0) is 39.0 Å². The smallest absolute Gasteiger partial charge is 0.367 e. The molecule has 2 aromatic rings. The number of aromatic nitrogens is 3. The molecule has 1 saturated heterocycles. The maximum absolute atomic E-state index is 13.6. The van der Waals surface area contributed by atoms with E-state index in [-0.39, 0.29) is 24.3 Å². The molecule has 0 spiro atoms. The summed E-state index contributed by atoms with van der Waals surface area (Å²) >= 11 is 1.33. The number of rotatable bonds is 2. The Morgan fingerprint density at radius 2 is 2.00 bits per heavy atom. The van der Waals surface area contributed by atoms with E-state index in [1.807, 2.05) is 6.92 Å². The number of thiazole rings is 1. The highest BCUT2D eigenvalue weighted by atomic mass is 32.1. The van der Waals surface area contributed by atoms with Crippen molar-refractivity contribution in [1.29, 1.82) is 0 Å². The highest BCUT2D eigenvalue weighted by Crippen LogP contribution is 2.42. The predicted octanol–water partition coefficient (Wildman–Crippen LogP) is 3.80. The van der Waals surface area contributed by atoms with Crippen LogP contribution in [0.5, 0.6) is 0 Å². The lowest BCUT2D eigenvalue weighted by atomic mass is 9.84. The Bertz CT molecular complexity index is 869. The van der Waals surface area contributed by atoms with Crippen LogP contribution in [0, 0.1) is 19.8 Å². The second-order valence-electron chi connectivity index (χ2n) is 7.56. The minimum atomic E-state index is -4.34. The second kappa shape index (κ2) is 7.06. The van der Waals surface area contributed by atoms with Gasteiger partial charge in [0.15, 0.2) is 6.04 Å². The molecule has 2 aliphatic rings. The third-order valence-electron chi connectivity index (χ3n) is 5.68. The van der Waals surface area contributed by atoms with Crippen LogP contribution in [0.15, 0.2) is 11.6 Å². The lowest BCUT2D eigenvalue weighted by molar-refractivity contribution is -0.174. The monoisotopic (exact) mass is 413 g/mol. The maximum Gasteiger partial charge on any atom is 0.410 e. The number of anilines is 1. The van der Waals surface area contributed by atoms with Crippen LogP contribution in [0.2, 0.25) is 0 Å². The van der Waals surface area contributed by atoms with Gasteiger partial charge >= 0.3 is 6.18 Å². The van der Waals surface area contributed by atoms with Gasteiger partial charge in [-0.15, -0.1) is 11.3 Å². The number of amides is 1. The van der Waals surface area contributed by atoms with E-state index in [4.69, 9.17) is 0 Å². The van der Waals surface area contributed by atoms with E-state index in [0.717, 1.165) is 10.4 Å². The summed E-state index contributed by atoms with van der Waals surface area (Å²) < 4.78 is 41.8. The summed E-state index contributed by atoms with van der Waals surface area (Å²) in [7, 11) is 0. The SMILES string of the molecule is Cc1cc2n(n1)[C@@H](C(F)(F)F)C[C@@H](C1CCN(C(=O)c3scnc3C)CC1)N2. The number of fused-ring (bicyclic) bond motifs is 1. The summed E-state index contributed by atoms with van der Waals surface area (Å²) in [5.74, 6) is 0.479. The van der Waals surface area contributed by atoms with Gasteiger partial charge in [0, 0.05) is 25.2 Å². The minimum Gasteiger partial charge on any atom is -0.367 e. The average molecular weight is 413 g/mol. The zero-order chi connectivity index (χ0) is 20.1. The van der Waals surface area contributed by atoms with Gasteiger partial charge in [-0.3, -0.25) is 4.79 Å². The third-order valence-corrected chi connectivity index (χ3v) is 6.59. The first-order valence-electron chi connectivity index (χ1n) is 9.33. The quantitative estimate of drug-likeness (QED) is 0.814. The molecular formula is C18H22F3N5OS. The third kappa shape index (κ3) is 3.49. The van der Waals surface area contributed by atoms with Crippen LogP contribution < -0.4 is 5.32 Å². The lowest BCUT2D eigenvalue weighted by Crippen LogP contribution is -2.47. The topological polar surface area (TPSA) is 63.1 Å². The number of hydrogen-bond donors (Lipinski definition) is 1. The fraction of sp³-hybridized carbons (Fsp3) is 0.611. The van der Waals surface area contributed by atoms with Crippen molar-refractivity contribution in [2.45, 2.75) is 51.4 Å². The Balaban J connectivity index is 1.45. The van der Waals surface area contributed by atoms with Gasteiger partial charge in [0.1, 0.15) is 10.7 Å². The summed E-state index contributed by atoms with van der Waals surface area (Å²) in [6.45, 7) is 4.60. The molecule has 2 atom stereocenters. The largest absolute Gasteiger partial charge is 0.410 e. The Labute approximate surface area is 164 Å². The van der Waals surface area contributed by atoms with Crippen LogP contribution in [0.4, 0.5) is 19.0 Å². The highest BCUT2D eigenvalue weighted by Gasteiger charge is 2.47. The molecule has 10 heteroatoms. The van der Waals surface area contributed by atoms with Gasteiger partial charge in [0.2, 0.25) is 0 Å². The number of aryl methyl sites for hydroxylation is 2. The Hall–Kier alpha value is -2.10. The Morgan fingerprint density at radius 3 is 2.61 bits per heavy atom. The summed E-state index contributed by atoms with van der Waals surface area (Å²) in [4.78, 5) is 19.2. The first-order valence-corrected chi connectivity index (χ1v) is 10.2. The molecule has 0 aromatic carbocycles. The van der Waals surface area contributed by atoms with Gasteiger partial charge in [0.25, 0.3) is 5.91 Å². The maximum atomic E-state index is 13.6. The summed E-state index contributed by atoms with van der Waals surface area (Å²) in [6.07, 6.45) is -3.02. The van der Waals surface area contributed by atoms with Crippen molar-refractivity contribution >= 4 is 23.1 Å². The number of halogens is 3. The zero-order valence-electron chi connectivity index (χ0n) is 15.7. The Kier molecular flexibility index (Phi) is 4.84. The van der Waals surface area contributed by atoms with Gasteiger partial charge in [-0.25, -0.2) is 9.67 Å². The van der Waals surface area contributed by atoms with Crippen LogP contribution in [0.1, 0.15) is 46.4 Å². The molecule has 1 fully saturated rings. The van der Waals surface area contributed by atoms with Crippen LogP contribution in [0.25, 0.3) is 0 Å². The second-order valence-corrected chi connectivity index (χ2v) is 8.41. The van der Waals surface area contributed by atoms with Crippen molar-refractivity contribution in [3.05, 3.63) is 27.8 Å². The van der Waals surface area contributed by atoms with Crippen LogP contribution in [0.3, 0.4) is 0 Å². The van der Waals surface area contributed by atoms with Crippen molar-refractivity contribution < 1.29 is 18.0 Å². The number of carbonyl (C=O) groups excluding carboxylic acids is 1. The van der Waals surface area contributed by atoms with E-state index < -0.39 is 12.2 Å². The molecule has 2 aromatic heterocycles. The van der Waals surface area contributed by atoms with E-state index in [0.29, 0.717) is 42.3 Å². The molecule has 0 bridgehead atoms. The number of nitrogens with one attached hydrogen (secondary N) is 1. The zero-order valence-corrected chi connectivity index (χ0v) is 16.5. The number of hydrogen-bond acceptors (Lipinski definition) is 5. The molecule has 1 amide bonds. The molecule has 0 radical (unpaired) electrons. The number of nitrogens with zero attached hydrogens (tertiary/aromatic N) is 4. The predicted molar refractivity (Wildman–Crippen MR) is 99.6 cm³/mol. The molecule has 0 unspecified atom stereocenters. The van der Waals surface area contributed by atoms with Crippen molar-refractivity contribution in [2.24, 2.45) is 5.92 Å². The standard InChI is InChI=1S/C18H22F3N5OS/c1-10-7-15-23-13(8-14(18(19,20)21)26(15)24-10)12-3-5-25(6-4-12)17(27)16-11(2)22-9-28-16/h7,9,12-14,23H,3-6,8H2,1-2H3/t13-,14+/m0/s1. The lowest BCUT2D eigenvalue weighted by Gasteiger charge is -2.40. The van der Waals surface area contributed by atoms with Gasteiger partial charge in [-0.2, -0.15) is 18.3 Å². The summed E-state index contributed by atoms with van der Waals surface area (Å²) in [5.41, 5.74) is 2.95. The summed E-state index contributed by atoms with van der Waals surface area (Å²) in [6, 6.07) is -0.226. The fourth-order valence-electron chi connectivity index (χ4n) is 4.19. The van der Waals surface area contributed by atoms with E-state index >= 15 is 0 Å². The molecule has 4 heterocycles. The van der Waals surface area contributed by atoms with Crippen molar-refractivity contribution in [2.75, 3.05) is 18.4 Å². The first-order chi connectivity index (χ1) is 13.2. The Morgan fingerprint density at radius 1 is 1.29 bits per heavy atom. The molecule has 152 valence electrons. The first kappa shape index (κ1) is 19.2. The van der Waals surface area contributed by atoms with Gasteiger partial charge in [0.05, 0.1) is 16.9 Å².